The average Bonchev–Trinajstić information content (AvgIpc) is 3.59. The van der Waals surface area contributed by atoms with E-state index < -0.39 is 24.5 Å². The van der Waals surface area contributed by atoms with Crippen LogP contribution in [0.1, 0.15) is 18.2 Å². The Bertz CT molecular complexity index is 1620. The van der Waals surface area contributed by atoms with Gasteiger partial charge in [-0.15, -0.1) is 0 Å². The van der Waals surface area contributed by atoms with Crippen molar-refractivity contribution in [2.24, 2.45) is 10.7 Å². The van der Waals surface area contributed by atoms with Crippen molar-refractivity contribution in [2.75, 3.05) is 43.8 Å². The minimum atomic E-state index is -1.24. The van der Waals surface area contributed by atoms with E-state index in [4.69, 9.17) is 16.2 Å². The number of halogens is 1. The van der Waals surface area contributed by atoms with Gasteiger partial charge in [0, 0.05) is 49.4 Å². The van der Waals surface area contributed by atoms with Crippen molar-refractivity contribution in [1.29, 1.82) is 0 Å². The lowest BCUT2D eigenvalue weighted by Gasteiger charge is -2.26. The summed E-state index contributed by atoms with van der Waals surface area (Å²) in [4.78, 5) is 31.3. The molecule has 16 heteroatoms. The summed E-state index contributed by atoms with van der Waals surface area (Å²) in [6, 6.07) is 16.9. The third-order valence-corrected chi connectivity index (χ3v) is 7.95. The van der Waals surface area contributed by atoms with E-state index in [0.717, 1.165) is 15.7 Å². The molecule has 0 saturated carbocycles. The number of ether oxygens (including phenoxy) is 1. The minimum absolute atomic E-state index is 0.204. The maximum absolute atomic E-state index is 12.4. The van der Waals surface area contributed by atoms with E-state index in [1.54, 1.807) is 4.57 Å². The topological polar surface area (TPSA) is 214 Å². The maximum atomic E-state index is 12.4. The molecule has 46 heavy (non-hydrogen) atoms. The van der Waals surface area contributed by atoms with Crippen LogP contribution in [0.3, 0.4) is 0 Å². The number of nitrogens with two attached hydrogens (primary N) is 2. The molecule has 15 nitrogen and oxygen atoms in total. The molecule has 2 aromatic heterocycles. The second kappa shape index (κ2) is 15.8. The highest BCUT2D eigenvalue weighted by atomic mass is 79.9. The highest BCUT2D eigenvalue weighted by Crippen LogP contribution is 2.32. The van der Waals surface area contributed by atoms with Crippen LogP contribution in [-0.2, 0) is 11.3 Å². The van der Waals surface area contributed by atoms with Gasteiger partial charge in [-0.05, 0) is 30.2 Å². The van der Waals surface area contributed by atoms with Crippen LogP contribution in [-0.4, -0.2) is 97.7 Å². The molecule has 4 aromatic rings. The molecule has 1 fully saturated rings. The predicted octanol–water partition coefficient (Wildman–Crippen LogP) is 1.41. The van der Waals surface area contributed by atoms with Crippen molar-refractivity contribution in [2.45, 2.75) is 37.5 Å². The number of carbonyl (C=O) groups excluding carboxylic acids is 1. The van der Waals surface area contributed by atoms with E-state index in [-0.39, 0.29) is 18.4 Å². The highest BCUT2D eigenvalue weighted by molar-refractivity contribution is 9.10. The number of carbonyl (C=O) groups is 1. The zero-order valence-electron chi connectivity index (χ0n) is 25.0. The molecule has 1 aliphatic heterocycles. The third kappa shape index (κ3) is 8.67. The Morgan fingerprint density at radius 3 is 2.70 bits per heavy atom. The first-order valence-electron chi connectivity index (χ1n) is 14.8. The van der Waals surface area contributed by atoms with Gasteiger partial charge >= 0.3 is 6.03 Å². The lowest BCUT2D eigenvalue weighted by atomic mass is 10.1. The summed E-state index contributed by atoms with van der Waals surface area (Å²) < 4.78 is 8.63. The number of guanidine groups is 1. The van der Waals surface area contributed by atoms with Gasteiger partial charge in [-0.2, -0.15) is 0 Å². The fraction of sp³-hybridized carbons (Fsp3) is 0.367. The van der Waals surface area contributed by atoms with Crippen molar-refractivity contribution in [3.63, 3.8) is 0 Å². The van der Waals surface area contributed by atoms with Crippen LogP contribution < -0.4 is 27.4 Å². The lowest BCUT2D eigenvalue weighted by Crippen LogP contribution is -2.44. The summed E-state index contributed by atoms with van der Waals surface area (Å²) in [7, 11) is 0. The van der Waals surface area contributed by atoms with Crippen molar-refractivity contribution >= 4 is 50.6 Å². The van der Waals surface area contributed by atoms with Gasteiger partial charge < -0.3 is 42.4 Å². The average molecular weight is 697 g/mol. The molecule has 4 atom stereocenters. The quantitative estimate of drug-likeness (QED) is 0.0603. The van der Waals surface area contributed by atoms with Crippen molar-refractivity contribution in [1.82, 2.24) is 35.1 Å². The first kappa shape index (κ1) is 33.0. The van der Waals surface area contributed by atoms with Crippen LogP contribution in [0.25, 0.3) is 11.2 Å². The molecule has 0 bridgehead atoms. The molecule has 1 aliphatic rings. The number of aliphatic hydroxyl groups excluding tert-OH is 2. The summed E-state index contributed by atoms with van der Waals surface area (Å²) in [6.07, 6.45) is -0.701. The van der Waals surface area contributed by atoms with Gasteiger partial charge in [-0.3, -0.25) is 14.5 Å². The molecule has 1 saturated heterocycles. The SMILES string of the molecule is NC(=NCCCN(CCNC(=O)NCc1ccccc1)C[C@H]1O[C@@H](n2cnc3c(N)ncnc32)[C@H](O)[C@@H]1O)Nc1cccc(Br)c1. The van der Waals surface area contributed by atoms with Crippen LogP contribution >= 0.6 is 15.9 Å². The first-order chi connectivity index (χ1) is 22.3. The normalized spacial score (nSPS) is 19.9. The van der Waals surface area contributed by atoms with Crippen LogP contribution in [0.4, 0.5) is 16.3 Å². The number of hydrogen-bond donors (Lipinski definition) is 7. The summed E-state index contributed by atoms with van der Waals surface area (Å²) in [5, 5.41) is 30.7. The van der Waals surface area contributed by atoms with E-state index >= 15 is 0 Å². The molecular formula is C30H38BrN11O4. The number of hydrogen-bond acceptors (Lipinski definition) is 10. The molecule has 5 rings (SSSR count). The Kier molecular flexibility index (Phi) is 11.3. The van der Waals surface area contributed by atoms with Crippen molar-refractivity contribution in [3.05, 3.63) is 77.3 Å². The smallest absolute Gasteiger partial charge is 0.315 e. The molecule has 0 aliphatic carbocycles. The Hall–Kier alpha value is -4.35. The summed E-state index contributed by atoms with van der Waals surface area (Å²) in [5.41, 5.74) is 14.6. The van der Waals surface area contributed by atoms with E-state index in [9.17, 15) is 15.0 Å². The minimum Gasteiger partial charge on any atom is -0.387 e. The summed E-state index contributed by atoms with van der Waals surface area (Å²) in [5.74, 6) is 0.494. The fourth-order valence-corrected chi connectivity index (χ4v) is 5.53. The number of nitrogens with one attached hydrogen (secondary N) is 3. The monoisotopic (exact) mass is 695 g/mol. The Balaban J connectivity index is 1.18. The Morgan fingerprint density at radius 1 is 1.07 bits per heavy atom. The molecule has 2 aromatic carbocycles. The number of rotatable bonds is 13. The van der Waals surface area contributed by atoms with Gasteiger partial charge in [-0.1, -0.05) is 52.3 Å². The number of anilines is 2. The zero-order chi connectivity index (χ0) is 32.5. The van der Waals surface area contributed by atoms with Crippen molar-refractivity contribution < 1.29 is 19.7 Å². The number of amides is 2. The van der Waals surface area contributed by atoms with E-state index in [0.29, 0.717) is 56.3 Å². The number of fused-ring (bicyclic) bond motifs is 1. The van der Waals surface area contributed by atoms with Gasteiger partial charge in [0.15, 0.2) is 23.7 Å². The molecule has 0 spiro atoms. The van der Waals surface area contributed by atoms with Crippen LogP contribution in [0.2, 0.25) is 0 Å². The lowest BCUT2D eigenvalue weighted by molar-refractivity contribution is -0.0440. The number of aromatic nitrogens is 4. The standard InChI is InChI=1S/C30H38BrN11O4/c31-20-8-4-9-21(14-20)40-29(33)34-10-5-12-41(13-11-35-30(45)36-15-19-6-2-1-3-7-19)16-22-24(43)25(44)28(46-22)42-18-39-23-26(32)37-17-38-27(23)42/h1-4,6-9,14,17-18,22,24-25,28,43-44H,5,10-13,15-16H2,(H2,32,37,38)(H3,33,34,40)(H2,35,36,45)/t22-,24-,25-,28-/m1/s1. The third-order valence-electron chi connectivity index (χ3n) is 7.46. The molecule has 3 heterocycles. The maximum Gasteiger partial charge on any atom is 0.315 e. The Labute approximate surface area is 274 Å². The molecular weight excluding hydrogens is 658 g/mol. The van der Waals surface area contributed by atoms with Crippen molar-refractivity contribution in [3.8, 4) is 0 Å². The van der Waals surface area contributed by atoms with Gasteiger partial charge in [0.25, 0.3) is 0 Å². The first-order valence-corrected chi connectivity index (χ1v) is 15.6. The second-order valence-electron chi connectivity index (χ2n) is 10.8. The molecule has 2 amide bonds. The van der Waals surface area contributed by atoms with Crippen LogP contribution in [0.15, 0.2) is 76.7 Å². The van der Waals surface area contributed by atoms with E-state index in [1.165, 1.54) is 12.7 Å². The largest absolute Gasteiger partial charge is 0.387 e. The van der Waals surface area contributed by atoms with Gasteiger partial charge in [0.2, 0.25) is 0 Å². The van der Waals surface area contributed by atoms with Gasteiger partial charge in [0.1, 0.15) is 30.2 Å². The number of imidazole rings is 1. The predicted molar refractivity (Wildman–Crippen MR) is 178 cm³/mol. The second-order valence-corrected chi connectivity index (χ2v) is 11.7. The van der Waals surface area contributed by atoms with Gasteiger partial charge in [0.05, 0.1) is 6.33 Å². The fourth-order valence-electron chi connectivity index (χ4n) is 5.13. The van der Waals surface area contributed by atoms with E-state index in [2.05, 4.69) is 51.8 Å². The van der Waals surface area contributed by atoms with E-state index in [1.807, 2.05) is 59.5 Å². The molecule has 244 valence electrons. The van der Waals surface area contributed by atoms with Gasteiger partial charge in [-0.25, -0.2) is 19.7 Å². The zero-order valence-corrected chi connectivity index (χ0v) is 26.6. The van der Waals surface area contributed by atoms with Crippen LogP contribution in [0.5, 0.6) is 0 Å². The highest BCUT2D eigenvalue weighted by Gasteiger charge is 2.44. The molecule has 0 radical (unpaired) electrons. The number of urea groups is 1. The molecule has 0 unspecified atom stereocenters. The number of aliphatic hydroxyl groups is 2. The number of aliphatic imine (C=N–C) groups is 1. The van der Waals surface area contributed by atoms with Crippen LogP contribution in [0, 0.1) is 0 Å². The Morgan fingerprint density at radius 2 is 1.89 bits per heavy atom. The number of nitrogens with zero attached hydrogens (tertiary/aromatic N) is 6. The summed E-state index contributed by atoms with van der Waals surface area (Å²) >= 11 is 3.44. The number of benzene rings is 2. The number of nitrogen functional groups attached to an aromatic ring is 1. The summed E-state index contributed by atoms with van der Waals surface area (Å²) in [6.45, 7) is 2.49. The molecule has 9 N–H and O–H groups in total.